The highest BCUT2D eigenvalue weighted by Gasteiger charge is 2.13. The van der Waals surface area contributed by atoms with E-state index < -0.39 is 0 Å². The first-order valence-electron chi connectivity index (χ1n) is 7.94. The lowest BCUT2D eigenvalue weighted by molar-refractivity contribution is 0.835. The molecular weight excluding hydrogens is 326 g/mol. The molecule has 3 nitrogen and oxygen atoms in total. The van der Waals surface area contributed by atoms with Crippen molar-refractivity contribution in [2.75, 3.05) is 0 Å². The SMILES string of the molecule is [C-]#[N+]c1ccc2cc(C(N)=S)n(Cc3cccc4ccccc34)c2c1. The van der Waals surface area contributed by atoms with Crippen LogP contribution in [-0.4, -0.2) is 9.56 Å². The summed E-state index contributed by atoms with van der Waals surface area (Å²) in [5.74, 6) is 0. The van der Waals surface area contributed by atoms with Crippen LogP contribution in [0.1, 0.15) is 11.3 Å². The van der Waals surface area contributed by atoms with Crippen molar-refractivity contribution in [2.45, 2.75) is 6.54 Å². The van der Waals surface area contributed by atoms with Gasteiger partial charge in [-0.2, -0.15) is 0 Å². The minimum absolute atomic E-state index is 0.362. The third kappa shape index (κ3) is 2.65. The summed E-state index contributed by atoms with van der Waals surface area (Å²) < 4.78 is 2.11. The van der Waals surface area contributed by atoms with E-state index >= 15 is 0 Å². The molecule has 3 aromatic carbocycles. The molecule has 4 heteroatoms. The lowest BCUT2D eigenvalue weighted by Gasteiger charge is -2.12. The number of thiocarbonyl (C=S) groups is 1. The predicted molar refractivity (Wildman–Crippen MR) is 107 cm³/mol. The highest BCUT2D eigenvalue weighted by Crippen LogP contribution is 2.27. The molecule has 4 rings (SSSR count). The Bertz CT molecular complexity index is 1160. The number of aromatic nitrogens is 1. The summed E-state index contributed by atoms with van der Waals surface area (Å²) in [7, 11) is 0. The Morgan fingerprint density at radius 1 is 1.00 bits per heavy atom. The summed E-state index contributed by atoms with van der Waals surface area (Å²) in [5, 5.41) is 3.45. The summed E-state index contributed by atoms with van der Waals surface area (Å²) in [6.45, 7) is 7.93. The van der Waals surface area contributed by atoms with Gasteiger partial charge < -0.3 is 10.3 Å². The van der Waals surface area contributed by atoms with Crippen LogP contribution in [0, 0.1) is 6.57 Å². The lowest BCUT2D eigenvalue weighted by Crippen LogP contribution is -2.16. The standard InChI is InChI=1S/C21H15N3S/c1-23-17-10-9-15-11-20(21(22)25)24(19(15)12-17)13-16-7-4-6-14-5-2-3-8-18(14)16/h2-12H,13H2,(H2,22,25). The van der Waals surface area contributed by atoms with Gasteiger partial charge in [-0.05, 0) is 33.9 Å². The number of rotatable bonds is 3. The fourth-order valence-corrected chi connectivity index (χ4v) is 3.46. The van der Waals surface area contributed by atoms with Crippen molar-refractivity contribution in [2.24, 2.45) is 5.73 Å². The quantitative estimate of drug-likeness (QED) is 0.419. The van der Waals surface area contributed by atoms with E-state index in [1.54, 1.807) is 0 Å². The molecule has 0 atom stereocenters. The number of nitrogens with zero attached hydrogens (tertiary/aromatic N) is 2. The fraction of sp³-hybridized carbons (Fsp3) is 0.0476. The maximum Gasteiger partial charge on any atom is 0.189 e. The van der Waals surface area contributed by atoms with Crippen LogP contribution in [0.5, 0.6) is 0 Å². The predicted octanol–water partition coefficient (Wildman–Crippen LogP) is 5.03. The molecule has 2 N–H and O–H groups in total. The third-order valence-electron chi connectivity index (χ3n) is 4.48. The Morgan fingerprint density at radius 2 is 1.80 bits per heavy atom. The van der Waals surface area contributed by atoms with E-state index in [0.29, 0.717) is 17.2 Å². The molecule has 0 amide bonds. The maximum absolute atomic E-state index is 7.28. The molecule has 0 saturated heterocycles. The van der Waals surface area contributed by atoms with Crippen LogP contribution >= 0.6 is 12.2 Å². The zero-order valence-corrected chi connectivity index (χ0v) is 14.3. The molecule has 1 aromatic heterocycles. The Labute approximate surface area is 151 Å². The van der Waals surface area contributed by atoms with E-state index in [9.17, 15) is 0 Å². The molecule has 1 heterocycles. The molecular formula is C21H15N3S. The summed E-state index contributed by atoms with van der Waals surface area (Å²) in [4.78, 5) is 3.91. The van der Waals surface area contributed by atoms with E-state index in [1.165, 1.54) is 16.3 Å². The molecule has 25 heavy (non-hydrogen) atoms. The third-order valence-corrected chi connectivity index (χ3v) is 4.69. The Balaban J connectivity index is 1.94. The van der Waals surface area contributed by atoms with Gasteiger partial charge in [-0.15, -0.1) is 0 Å². The van der Waals surface area contributed by atoms with Crippen LogP contribution in [-0.2, 0) is 6.54 Å². The second kappa shape index (κ2) is 6.04. The molecule has 0 aliphatic rings. The minimum atomic E-state index is 0.362. The molecule has 0 bridgehead atoms. The average molecular weight is 341 g/mol. The molecule has 120 valence electrons. The van der Waals surface area contributed by atoms with Gasteiger partial charge in [0, 0.05) is 12.1 Å². The first-order valence-corrected chi connectivity index (χ1v) is 8.35. The van der Waals surface area contributed by atoms with Crippen molar-refractivity contribution in [1.29, 1.82) is 0 Å². The van der Waals surface area contributed by atoms with Gasteiger partial charge in [0.25, 0.3) is 0 Å². The van der Waals surface area contributed by atoms with E-state index in [0.717, 1.165) is 16.6 Å². The second-order valence-electron chi connectivity index (χ2n) is 5.97. The first-order chi connectivity index (χ1) is 12.2. The molecule has 0 unspecified atom stereocenters. The number of nitrogens with two attached hydrogens (primary N) is 1. The smallest absolute Gasteiger partial charge is 0.189 e. The van der Waals surface area contributed by atoms with Crippen LogP contribution in [0.4, 0.5) is 5.69 Å². The van der Waals surface area contributed by atoms with Crippen LogP contribution < -0.4 is 5.73 Å². The highest BCUT2D eigenvalue weighted by atomic mass is 32.1. The van der Waals surface area contributed by atoms with Crippen LogP contribution in [0.15, 0.2) is 66.7 Å². The van der Waals surface area contributed by atoms with Crippen molar-refractivity contribution in [1.82, 2.24) is 4.57 Å². The molecule has 0 aliphatic carbocycles. The molecule has 0 radical (unpaired) electrons. The summed E-state index contributed by atoms with van der Waals surface area (Å²) >= 11 is 5.26. The van der Waals surface area contributed by atoms with E-state index in [1.807, 2.05) is 36.4 Å². The van der Waals surface area contributed by atoms with Gasteiger partial charge in [0.1, 0.15) is 4.99 Å². The van der Waals surface area contributed by atoms with Crippen LogP contribution in [0.2, 0.25) is 0 Å². The molecule has 0 saturated carbocycles. The topological polar surface area (TPSA) is 35.3 Å². The van der Waals surface area contributed by atoms with Crippen molar-refractivity contribution >= 4 is 44.6 Å². The Hall–Kier alpha value is -3.16. The van der Waals surface area contributed by atoms with Gasteiger partial charge in [-0.25, -0.2) is 4.85 Å². The Morgan fingerprint density at radius 3 is 2.60 bits per heavy atom. The highest BCUT2D eigenvalue weighted by molar-refractivity contribution is 7.80. The lowest BCUT2D eigenvalue weighted by atomic mass is 10.0. The van der Waals surface area contributed by atoms with E-state index in [-0.39, 0.29) is 0 Å². The first kappa shape index (κ1) is 15.4. The van der Waals surface area contributed by atoms with Crippen LogP contribution in [0.25, 0.3) is 26.5 Å². The van der Waals surface area contributed by atoms with Crippen molar-refractivity contribution in [3.8, 4) is 0 Å². The van der Waals surface area contributed by atoms with Gasteiger partial charge in [0.05, 0.1) is 12.3 Å². The summed E-state index contributed by atoms with van der Waals surface area (Å²) in [5.41, 5.74) is 9.57. The van der Waals surface area contributed by atoms with E-state index in [4.69, 9.17) is 24.5 Å². The van der Waals surface area contributed by atoms with Gasteiger partial charge >= 0.3 is 0 Å². The monoisotopic (exact) mass is 341 g/mol. The maximum atomic E-state index is 7.28. The molecule has 0 spiro atoms. The minimum Gasteiger partial charge on any atom is -0.388 e. The van der Waals surface area contributed by atoms with Gasteiger partial charge in [-0.1, -0.05) is 66.8 Å². The van der Waals surface area contributed by atoms with Crippen molar-refractivity contribution in [3.63, 3.8) is 0 Å². The number of hydrogen-bond donors (Lipinski definition) is 1. The Kier molecular flexibility index (Phi) is 3.72. The number of fused-ring (bicyclic) bond motifs is 2. The molecule has 4 aromatic rings. The fourth-order valence-electron chi connectivity index (χ4n) is 3.29. The van der Waals surface area contributed by atoms with Gasteiger partial charge in [0.2, 0.25) is 0 Å². The van der Waals surface area contributed by atoms with Crippen molar-refractivity contribution in [3.05, 3.63) is 89.4 Å². The zero-order chi connectivity index (χ0) is 17.4. The molecule has 0 fully saturated rings. The summed E-state index contributed by atoms with van der Waals surface area (Å²) in [6, 6.07) is 22.3. The average Bonchev–Trinajstić information content (AvgIpc) is 3.00. The normalized spacial score (nSPS) is 10.8. The number of hydrogen-bond acceptors (Lipinski definition) is 1. The zero-order valence-electron chi connectivity index (χ0n) is 13.4. The summed E-state index contributed by atoms with van der Waals surface area (Å²) in [6.07, 6.45) is 0. The van der Waals surface area contributed by atoms with E-state index in [2.05, 4.69) is 39.7 Å². The largest absolute Gasteiger partial charge is 0.388 e. The van der Waals surface area contributed by atoms with Gasteiger partial charge in [-0.3, -0.25) is 0 Å². The van der Waals surface area contributed by atoms with Crippen molar-refractivity contribution < 1.29 is 0 Å². The molecule has 0 aliphatic heterocycles. The van der Waals surface area contributed by atoms with Crippen LogP contribution in [0.3, 0.4) is 0 Å². The second-order valence-corrected chi connectivity index (χ2v) is 6.41. The van der Waals surface area contributed by atoms with Gasteiger partial charge in [0.15, 0.2) is 5.69 Å². The number of benzene rings is 3.